The van der Waals surface area contributed by atoms with Gasteiger partial charge in [0.25, 0.3) is 0 Å². The first-order valence-electron chi connectivity index (χ1n) is 9.88. The van der Waals surface area contributed by atoms with E-state index in [9.17, 15) is 5.11 Å². The SMILES string of the molecule is O[C@H](C[NH2+]Cc1cn(-c2ccccc2)nc1-c1cccs1)C[NH+]1CCOCC1. The second-order valence-corrected chi connectivity index (χ2v) is 8.16. The van der Waals surface area contributed by atoms with Gasteiger partial charge in [-0.15, -0.1) is 11.3 Å². The molecule has 0 saturated carbocycles. The maximum absolute atomic E-state index is 10.4. The molecule has 0 unspecified atom stereocenters. The van der Waals surface area contributed by atoms with Gasteiger partial charge in [-0.2, -0.15) is 5.10 Å². The van der Waals surface area contributed by atoms with Crippen molar-refractivity contribution in [3.8, 4) is 16.3 Å². The number of nitrogens with zero attached hydrogens (tertiary/aromatic N) is 2. The summed E-state index contributed by atoms with van der Waals surface area (Å²) in [4.78, 5) is 2.61. The zero-order chi connectivity index (χ0) is 19.2. The van der Waals surface area contributed by atoms with Gasteiger partial charge >= 0.3 is 0 Å². The van der Waals surface area contributed by atoms with Crippen molar-refractivity contribution in [2.75, 3.05) is 39.4 Å². The summed E-state index contributed by atoms with van der Waals surface area (Å²) >= 11 is 1.71. The number of rotatable bonds is 8. The standard InChI is InChI=1S/C21H26N4O2S/c26-19(16-24-8-10-27-11-9-24)14-22-13-17-15-25(18-5-2-1-3-6-18)23-21(17)20-7-4-12-28-20/h1-7,12,15,19,22,26H,8-11,13-14,16H2/p+2/t19-/m1/s1. The molecule has 3 aromatic rings. The Hall–Kier alpha value is -2.03. The van der Waals surface area contributed by atoms with Gasteiger partial charge in [-0.3, -0.25) is 0 Å². The van der Waals surface area contributed by atoms with Crippen LogP contribution >= 0.6 is 11.3 Å². The number of para-hydroxylation sites is 1. The molecule has 7 heteroatoms. The molecule has 3 heterocycles. The molecule has 1 aliphatic heterocycles. The van der Waals surface area contributed by atoms with Gasteiger partial charge in [0.1, 0.15) is 38.4 Å². The molecular weight excluding hydrogens is 372 g/mol. The van der Waals surface area contributed by atoms with Gasteiger partial charge in [-0.1, -0.05) is 24.3 Å². The molecule has 1 atom stereocenters. The first kappa shape index (κ1) is 19.3. The van der Waals surface area contributed by atoms with Gasteiger partial charge in [0.2, 0.25) is 0 Å². The highest BCUT2D eigenvalue weighted by molar-refractivity contribution is 7.13. The number of morpholine rings is 1. The van der Waals surface area contributed by atoms with E-state index in [1.807, 2.05) is 22.9 Å². The van der Waals surface area contributed by atoms with Crippen LogP contribution in [0.1, 0.15) is 5.56 Å². The number of quaternary nitrogens is 2. The van der Waals surface area contributed by atoms with Gasteiger partial charge in [0.05, 0.1) is 29.3 Å². The van der Waals surface area contributed by atoms with Crippen molar-refractivity contribution < 1.29 is 20.1 Å². The molecule has 1 saturated heterocycles. The van der Waals surface area contributed by atoms with Crippen LogP contribution in [0.15, 0.2) is 54.0 Å². The van der Waals surface area contributed by atoms with Crippen molar-refractivity contribution in [2.45, 2.75) is 12.6 Å². The zero-order valence-corrected chi connectivity index (χ0v) is 16.8. The van der Waals surface area contributed by atoms with Gasteiger partial charge in [-0.25, -0.2) is 4.68 Å². The summed E-state index contributed by atoms with van der Waals surface area (Å²) < 4.78 is 7.34. The number of aliphatic hydroxyl groups excluding tert-OH is 1. The van der Waals surface area contributed by atoms with Gasteiger partial charge < -0.3 is 20.1 Å². The van der Waals surface area contributed by atoms with Crippen LogP contribution in [0.5, 0.6) is 0 Å². The van der Waals surface area contributed by atoms with E-state index in [1.165, 1.54) is 15.3 Å². The lowest BCUT2D eigenvalue weighted by molar-refractivity contribution is -0.912. The van der Waals surface area contributed by atoms with E-state index in [2.05, 4.69) is 41.2 Å². The van der Waals surface area contributed by atoms with Crippen LogP contribution in [0, 0.1) is 0 Å². The summed E-state index contributed by atoms with van der Waals surface area (Å²) in [6.07, 6.45) is 1.81. The minimum atomic E-state index is -0.303. The van der Waals surface area contributed by atoms with Crippen LogP contribution in [0.4, 0.5) is 0 Å². The van der Waals surface area contributed by atoms with Gasteiger partial charge in [-0.05, 0) is 23.6 Å². The summed E-state index contributed by atoms with van der Waals surface area (Å²) in [6.45, 7) is 5.87. The fourth-order valence-corrected chi connectivity index (χ4v) is 4.35. The molecule has 1 aromatic carbocycles. The lowest BCUT2D eigenvalue weighted by atomic mass is 10.2. The summed E-state index contributed by atoms with van der Waals surface area (Å²) in [5.74, 6) is 0. The highest BCUT2D eigenvalue weighted by Crippen LogP contribution is 2.27. The van der Waals surface area contributed by atoms with Crippen molar-refractivity contribution in [3.63, 3.8) is 0 Å². The molecule has 0 radical (unpaired) electrons. The third-order valence-corrected chi connectivity index (χ3v) is 5.97. The van der Waals surface area contributed by atoms with Crippen LogP contribution in [-0.2, 0) is 11.3 Å². The number of benzene rings is 1. The molecule has 0 bridgehead atoms. The van der Waals surface area contributed by atoms with Gasteiger partial charge in [0.15, 0.2) is 6.10 Å². The van der Waals surface area contributed by atoms with E-state index in [0.717, 1.165) is 50.8 Å². The molecule has 1 fully saturated rings. The van der Waals surface area contributed by atoms with Crippen molar-refractivity contribution in [1.82, 2.24) is 9.78 Å². The number of hydrogen-bond donors (Lipinski definition) is 3. The first-order valence-corrected chi connectivity index (χ1v) is 10.8. The normalized spacial score (nSPS) is 16.3. The highest BCUT2D eigenvalue weighted by atomic mass is 32.1. The molecular formula is C21H28N4O2S+2. The molecule has 6 nitrogen and oxygen atoms in total. The minimum Gasteiger partial charge on any atom is -0.382 e. The Kier molecular flexibility index (Phi) is 6.51. The number of thiophene rings is 1. The summed E-state index contributed by atoms with van der Waals surface area (Å²) in [5.41, 5.74) is 3.28. The van der Waals surface area contributed by atoms with Crippen LogP contribution in [0.3, 0.4) is 0 Å². The smallest absolute Gasteiger partial charge is 0.151 e. The molecule has 28 heavy (non-hydrogen) atoms. The Bertz CT molecular complexity index is 845. The van der Waals surface area contributed by atoms with E-state index >= 15 is 0 Å². The molecule has 1 aliphatic rings. The molecule has 2 aromatic heterocycles. The second kappa shape index (κ2) is 9.45. The Morgan fingerprint density at radius 2 is 2.00 bits per heavy atom. The monoisotopic (exact) mass is 400 g/mol. The molecule has 0 spiro atoms. The largest absolute Gasteiger partial charge is 0.382 e. The lowest BCUT2D eigenvalue weighted by Gasteiger charge is -2.25. The van der Waals surface area contributed by atoms with Gasteiger partial charge in [0, 0.05) is 6.20 Å². The Morgan fingerprint density at radius 1 is 1.18 bits per heavy atom. The number of ether oxygens (including phenoxy) is 1. The average molecular weight is 401 g/mol. The Labute approximate surface area is 169 Å². The quantitative estimate of drug-likeness (QED) is 0.496. The summed E-state index contributed by atoms with van der Waals surface area (Å²) in [7, 11) is 0. The topological polar surface area (TPSA) is 68.3 Å². The van der Waals surface area contributed by atoms with Crippen molar-refractivity contribution >= 4 is 11.3 Å². The van der Waals surface area contributed by atoms with Crippen LogP contribution < -0.4 is 10.2 Å². The van der Waals surface area contributed by atoms with Crippen LogP contribution in [0.25, 0.3) is 16.3 Å². The van der Waals surface area contributed by atoms with Crippen molar-refractivity contribution in [2.24, 2.45) is 0 Å². The van der Waals surface area contributed by atoms with E-state index in [-0.39, 0.29) is 6.10 Å². The Balaban J connectivity index is 1.41. The maximum Gasteiger partial charge on any atom is 0.151 e. The number of aliphatic hydroxyl groups is 1. The number of nitrogens with one attached hydrogen (secondary N) is 1. The number of aromatic nitrogens is 2. The molecule has 148 valence electrons. The van der Waals surface area contributed by atoms with E-state index in [0.29, 0.717) is 6.54 Å². The summed E-state index contributed by atoms with van der Waals surface area (Å²) in [5, 5.41) is 19.5. The third kappa shape index (κ3) is 4.87. The highest BCUT2D eigenvalue weighted by Gasteiger charge is 2.20. The minimum absolute atomic E-state index is 0.303. The number of hydrogen-bond acceptors (Lipinski definition) is 4. The zero-order valence-electron chi connectivity index (χ0n) is 16.0. The lowest BCUT2D eigenvalue weighted by Crippen LogP contribution is -3.15. The fourth-order valence-electron chi connectivity index (χ4n) is 3.60. The third-order valence-electron chi connectivity index (χ3n) is 5.09. The van der Waals surface area contributed by atoms with E-state index < -0.39 is 0 Å². The summed E-state index contributed by atoms with van der Waals surface area (Å²) in [6, 6.07) is 14.4. The first-order chi connectivity index (χ1) is 13.8. The molecule has 0 amide bonds. The van der Waals surface area contributed by atoms with Crippen LogP contribution in [-0.4, -0.2) is 60.4 Å². The van der Waals surface area contributed by atoms with Crippen molar-refractivity contribution in [1.29, 1.82) is 0 Å². The fraction of sp³-hybridized carbons (Fsp3) is 0.381. The average Bonchev–Trinajstić information content (AvgIpc) is 3.39. The predicted octanol–water partition coefficient (Wildman–Crippen LogP) is -0.0598. The molecule has 0 aliphatic carbocycles. The number of nitrogens with two attached hydrogens (primary N) is 1. The van der Waals surface area contributed by atoms with E-state index in [4.69, 9.17) is 9.84 Å². The van der Waals surface area contributed by atoms with E-state index in [1.54, 1.807) is 11.3 Å². The predicted molar refractivity (Wildman–Crippen MR) is 110 cm³/mol. The van der Waals surface area contributed by atoms with Crippen molar-refractivity contribution in [3.05, 3.63) is 59.6 Å². The maximum atomic E-state index is 10.4. The Morgan fingerprint density at radius 3 is 2.75 bits per heavy atom. The second-order valence-electron chi connectivity index (χ2n) is 7.21. The molecule has 4 N–H and O–H groups in total. The molecule has 4 rings (SSSR count). The van der Waals surface area contributed by atoms with Crippen LogP contribution in [0.2, 0.25) is 0 Å².